The number of esters is 2. The Hall–Kier alpha value is -1.61. The average molecular weight is 380 g/mol. The Balaban J connectivity index is 2.91. The molecule has 1 rings (SSSR count). The van der Waals surface area contributed by atoms with Gasteiger partial charge in [0.25, 0.3) is 0 Å². The van der Waals surface area contributed by atoms with Crippen LogP contribution in [0.4, 0.5) is 5.69 Å². The maximum Gasteiger partial charge on any atom is 0.338 e. The zero-order valence-electron chi connectivity index (χ0n) is 11.4. The number of sulfonamides is 1. The first-order chi connectivity index (χ1) is 9.79. The summed E-state index contributed by atoms with van der Waals surface area (Å²) in [5, 5.41) is 0. The van der Waals surface area contributed by atoms with E-state index in [2.05, 4.69) is 25.4 Å². The second-order valence-corrected chi connectivity index (χ2v) is 6.43. The summed E-state index contributed by atoms with van der Waals surface area (Å²) < 4.78 is 35.1. The van der Waals surface area contributed by atoms with Gasteiger partial charge in [-0.3, -0.25) is 9.52 Å². The van der Waals surface area contributed by atoms with Crippen molar-refractivity contribution in [2.75, 3.05) is 24.2 Å². The maximum atomic E-state index is 11.7. The van der Waals surface area contributed by atoms with Crippen LogP contribution in [0.1, 0.15) is 17.3 Å². The summed E-state index contributed by atoms with van der Waals surface area (Å²) in [4.78, 5) is 22.5. The first-order valence-corrected chi connectivity index (χ1v) is 8.27. The third kappa shape index (κ3) is 5.35. The van der Waals surface area contributed by atoms with Crippen molar-refractivity contribution in [1.29, 1.82) is 0 Å². The van der Waals surface area contributed by atoms with Crippen molar-refractivity contribution in [1.82, 2.24) is 0 Å². The van der Waals surface area contributed by atoms with Gasteiger partial charge in [0.15, 0.2) is 5.75 Å². The molecule has 1 aromatic rings. The number of carbonyl (C=O) groups is 2. The lowest BCUT2D eigenvalue weighted by molar-refractivity contribution is -0.137. The van der Waals surface area contributed by atoms with Crippen LogP contribution in [0, 0.1) is 0 Å². The van der Waals surface area contributed by atoms with Crippen molar-refractivity contribution in [2.24, 2.45) is 0 Å². The molecule has 1 N–H and O–H groups in total. The van der Waals surface area contributed by atoms with Crippen LogP contribution in [0.5, 0.6) is 0 Å². The van der Waals surface area contributed by atoms with E-state index in [0.717, 1.165) is 7.11 Å². The number of anilines is 1. The minimum absolute atomic E-state index is 0.201. The first-order valence-electron chi connectivity index (χ1n) is 5.83. The lowest BCUT2D eigenvalue weighted by Crippen LogP contribution is -2.23. The highest BCUT2D eigenvalue weighted by Crippen LogP contribution is 2.25. The second kappa shape index (κ2) is 7.41. The van der Waals surface area contributed by atoms with Crippen LogP contribution < -0.4 is 4.72 Å². The minimum atomic E-state index is -3.88. The SMILES string of the molecule is CCOC(=O)c1ccc(NS(=O)(=O)CC(=O)OC)c(Br)c1. The fourth-order valence-corrected chi connectivity index (χ4v) is 2.98. The molecular formula is C12H14BrNO6S. The van der Waals surface area contributed by atoms with E-state index < -0.39 is 27.7 Å². The molecule has 21 heavy (non-hydrogen) atoms. The van der Waals surface area contributed by atoms with E-state index in [-0.39, 0.29) is 17.9 Å². The summed E-state index contributed by atoms with van der Waals surface area (Å²) in [6.07, 6.45) is 0. The molecule has 0 unspecified atom stereocenters. The molecule has 7 nitrogen and oxygen atoms in total. The largest absolute Gasteiger partial charge is 0.468 e. The summed E-state index contributed by atoms with van der Waals surface area (Å²) in [7, 11) is -2.78. The predicted molar refractivity (Wildman–Crippen MR) is 79.5 cm³/mol. The molecule has 0 atom stereocenters. The zero-order chi connectivity index (χ0) is 16.0. The molecule has 0 aromatic heterocycles. The Morgan fingerprint density at radius 3 is 2.52 bits per heavy atom. The van der Waals surface area contributed by atoms with E-state index in [4.69, 9.17) is 4.74 Å². The number of methoxy groups -OCH3 is 1. The van der Waals surface area contributed by atoms with E-state index in [9.17, 15) is 18.0 Å². The number of hydrogen-bond donors (Lipinski definition) is 1. The Bertz CT molecular complexity index is 643. The topological polar surface area (TPSA) is 98.8 Å². The van der Waals surface area contributed by atoms with Crippen molar-refractivity contribution < 1.29 is 27.5 Å². The van der Waals surface area contributed by atoms with Crippen LogP contribution in [-0.2, 0) is 24.3 Å². The van der Waals surface area contributed by atoms with Gasteiger partial charge < -0.3 is 9.47 Å². The van der Waals surface area contributed by atoms with Crippen molar-refractivity contribution in [3.63, 3.8) is 0 Å². The van der Waals surface area contributed by atoms with Crippen LogP contribution in [0.15, 0.2) is 22.7 Å². The van der Waals surface area contributed by atoms with Gasteiger partial charge in [-0.2, -0.15) is 0 Å². The van der Waals surface area contributed by atoms with Crippen LogP contribution in [0.25, 0.3) is 0 Å². The van der Waals surface area contributed by atoms with E-state index >= 15 is 0 Å². The number of carbonyl (C=O) groups excluding carboxylic acids is 2. The van der Waals surface area contributed by atoms with Crippen molar-refractivity contribution in [2.45, 2.75) is 6.92 Å². The van der Waals surface area contributed by atoms with Gasteiger partial charge in [0.1, 0.15) is 0 Å². The fourth-order valence-electron chi connectivity index (χ4n) is 1.36. The highest BCUT2D eigenvalue weighted by Gasteiger charge is 2.18. The molecule has 0 aliphatic heterocycles. The number of hydrogen-bond acceptors (Lipinski definition) is 6. The lowest BCUT2D eigenvalue weighted by atomic mass is 10.2. The lowest BCUT2D eigenvalue weighted by Gasteiger charge is -2.10. The Morgan fingerprint density at radius 1 is 1.33 bits per heavy atom. The fraction of sp³-hybridized carbons (Fsp3) is 0.333. The average Bonchev–Trinajstić information content (AvgIpc) is 2.40. The van der Waals surface area contributed by atoms with Crippen LogP contribution in [-0.4, -0.2) is 39.8 Å². The molecule has 0 bridgehead atoms. The van der Waals surface area contributed by atoms with Gasteiger partial charge in [-0.15, -0.1) is 0 Å². The number of nitrogens with one attached hydrogen (secondary N) is 1. The molecule has 9 heteroatoms. The first kappa shape index (κ1) is 17.4. The number of ether oxygens (including phenoxy) is 2. The minimum Gasteiger partial charge on any atom is -0.468 e. The van der Waals surface area contributed by atoms with E-state index in [0.29, 0.717) is 4.47 Å². The quantitative estimate of drug-likeness (QED) is 0.752. The maximum absolute atomic E-state index is 11.7. The highest BCUT2D eigenvalue weighted by atomic mass is 79.9. The van der Waals surface area contributed by atoms with Crippen LogP contribution in [0.3, 0.4) is 0 Å². The Morgan fingerprint density at radius 2 is 2.00 bits per heavy atom. The molecule has 0 radical (unpaired) electrons. The van der Waals surface area contributed by atoms with Crippen molar-refractivity contribution in [3.05, 3.63) is 28.2 Å². The smallest absolute Gasteiger partial charge is 0.338 e. The summed E-state index contributed by atoms with van der Waals surface area (Å²) in [6, 6.07) is 4.23. The van der Waals surface area contributed by atoms with Crippen molar-refractivity contribution in [3.8, 4) is 0 Å². The molecular weight excluding hydrogens is 366 g/mol. The van der Waals surface area contributed by atoms with E-state index in [1.165, 1.54) is 18.2 Å². The molecule has 0 fully saturated rings. The third-order valence-electron chi connectivity index (χ3n) is 2.28. The summed E-state index contributed by atoms with van der Waals surface area (Å²) in [5.41, 5.74) is 0.478. The summed E-state index contributed by atoms with van der Waals surface area (Å²) in [6.45, 7) is 1.92. The van der Waals surface area contributed by atoms with Gasteiger partial charge in [-0.25, -0.2) is 13.2 Å². The second-order valence-electron chi connectivity index (χ2n) is 3.85. The third-order valence-corrected chi connectivity index (χ3v) is 4.08. The van der Waals surface area contributed by atoms with Gasteiger partial charge in [0, 0.05) is 4.47 Å². The molecule has 0 heterocycles. The molecule has 0 aliphatic rings. The molecule has 1 aromatic carbocycles. The molecule has 0 spiro atoms. The standard InChI is InChI=1S/C12H14BrNO6S/c1-3-20-12(16)8-4-5-10(9(13)6-8)14-21(17,18)7-11(15)19-2/h4-6,14H,3,7H2,1-2H3. The molecule has 0 amide bonds. The van der Waals surface area contributed by atoms with Crippen LogP contribution >= 0.6 is 15.9 Å². The Labute approximate surface area is 130 Å². The summed E-state index contributed by atoms with van der Waals surface area (Å²) >= 11 is 3.15. The Kier molecular flexibility index (Phi) is 6.16. The zero-order valence-corrected chi connectivity index (χ0v) is 13.8. The monoisotopic (exact) mass is 379 g/mol. The van der Waals surface area contributed by atoms with Gasteiger partial charge in [-0.1, -0.05) is 0 Å². The normalized spacial score (nSPS) is 10.8. The van der Waals surface area contributed by atoms with Gasteiger partial charge in [0.05, 0.1) is 25.0 Å². The molecule has 0 saturated heterocycles. The van der Waals surface area contributed by atoms with Crippen molar-refractivity contribution >= 4 is 43.6 Å². The molecule has 116 valence electrons. The highest BCUT2D eigenvalue weighted by molar-refractivity contribution is 9.10. The molecule has 0 aliphatic carbocycles. The van der Waals surface area contributed by atoms with Gasteiger partial charge in [-0.05, 0) is 41.1 Å². The van der Waals surface area contributed by atoms with E-state index in [1.54, 1.807) is 6.92 Å². The molecule has 0 saturated carbocycles. The van der Waals surface area contributed by atoms with Crippen LogP contribution in [0.2, 0.25) is 0 Å². The summed E-state index contributed by atoms with van der Waals surface area (Å²) in [5.74, 6) is -2.18. The van der Waals surface area contributed by atoms with Gasteiger partial charge >= 0.3 is 11.9 Å². The number of benzene rings is 1. The number of halogens is 1. The van der Waals surface area contributed by atoms with Gasteiger partial charge in [0.2, 0.25) is 10.0 Å². The predicted octanol–water partition coefficient (Wildman–Crippen LogP) is 1.54. The van der Waals surface area contributed by atoms with E-state index in [1.807, 2.05) is 0 Å². The number of rotatable bonds is 6.